The van der Waals surface area contributed by atoms with E-state index in [1.165, 1.54) is 0 Å². The molecule has 1 aromatic rings. The number of isothiocyanates is 1. The summed E-state index contributed by atoms with van der Waals surface area (Å²) in [5, 5.41) is 1.96. The van der Waals surface area contributed by atoms with Gasteiger partial charge in [0.15, 0.2) is 11.6 Å². The molecule has 0 N–H and O–H groups in total. The highest BCUT2D eigenvalue weighted by Gasteiger charge is 2.32. The molecule has 0 fully saturated rings. The van der Waals surface area contributed by atoms with Gasteiger partial charge in [-0.3, -0.25) is 0 Å². The number of aliphatic imine (C=N–C) groups is 1. The molecule has 0 radical (unpaired) electrons. The fraction of sp³-hybridized carbons (Fsp3) is 0.125. The van der Waals surface area contributed by atoms with Crippen molar-refractivity contribution in [3.05, 3.63) is 24.0 Å². The van der Waals surface area contributed by atoms with Crippen molar-refractivity contribution in [2.75, 3.05) is 0 Å². The van der Waals surface area contributed by atoms with Crippen LogP contribution >= 0.6 is 12.2 Å². The molecule has 0 aliphatic heterocycles. The number of nitrogens with zero attached hydrogens (tertiary/aromatic N) is 1. The smallest absolute Gasteiger partial charge is 0.403 e. The van der Waals surface area contributed by atoms with Crippen LogP contribution in [0.3, 0.4) is 0 Å². The quantitative estimate of drug-likeness (QED) is 0.446. The Balaban J connectivity index is 2.98. The largest absolute Gasteiger partial charge is 0.573 e. The Morgan fingerprint density at radius 2 is 2.00 bits per heavy atom. The second-order valence-electron chi connectivity index (χ2n) is 2.37. The van der Waals surface area contributed by atoms with Gasteiger partial charge in [-0.2, -0.15) is 4.99 Å². The highest BCUT2D eigenvalue weighted by Crippen LogP contribution is 2.28. The topological polar surface area (TPSA) is 21.6 Å². The molecule has 0 bridgehead atoms. The summed E-state index contributed by atoms with van der Waals surface area (Å²) >= 11 is 4.25. The van der Waals surface area contributed by atoms with E-state index in [-0.39, 0.29) is 5.69 Å². The lowest BCUT2D eigenvalue weighted by atomic mass is 10.3. The predicted octanol–water partition coefficient (Wildman–Crippen LogP) is 3.46. The number of ether oxygens (including phenoxy) is 1. The zero-order valence-electron chi connectivity index (χ0n) is 7.01. The van der Waals surface area contributed by atoms with Crippen LogP contribution < -0.4 is 4.74 Å². The first-order valence-corrected chi connectivity index (χ1v) is 3.96. The number of halogens is 4. The zero-order valence-corrected chi connectivity index (χ0v) is 7.82. The first kappa shape index (κ1) is 11.6. The second kappa shape index (κ2) is 4.37. The van der Waals surface area contributed by atoms with Crippen molar-refractivity contribution < 1.29 is 22.3 Å². The molecular weight excluding hydrogens is 234 g/mol. The van der Waals surface area contributed by atoms with Crippen molar-refractivity contribution in [2.45, 2.75) is 6.36 Å². The van der Waals surface area contributed by atoms with Crippen LogP contribution in [0.1, 0.15) is 0 Å². The highest BCUT2D eigenvalue weighted by atomic mass is 32.1. The molecule has 0 aliphatic carbocycles. The van der Waals surface area contributed by atoms with Crippen molar-refractivity contribution in [3.63, 3.8) is 0 Å². The van der Waals surface area contributed by atoms with E-state index in [0.29, 0.717) is 0 Å². The lowest BCUT2D eigenvalue weighted by molar-refractivity contribution is -0.275. The molecule has 0 spiro atoms. The molecule has 0 aliphatic rings. The van der Waals surface area contributed by atoms with Gasteiger partial charge in [0.2, 0.25) is 0 Å². The third-order valence-electron chi connectivity index (χ3n) is 1.32. The van der Waals surface area contributed by atoms with Gasteiger partial charge in [-0.1, -0.05) is 0 Å². The van der Waals surface area contributed by atoms with E-state index in [0.717, 1.165) is 18.2 Å². The molecule has 0 unspecified atom stereocenters. The van der Waals surface area contributed by atoms with Crippen LogP contribution in [0, 0.1) is 5.82 Å². The molecule has 80 valence electrons. The molecule has 0 saturated heterocycles. The van der Waals surface area contributed by atoms with E-state index in [4.69, 9.17) is 0 Å². The second-order valence-corrected chi connectivity index (χ2v) is 2.55. The molecule has 0 atom stereocenters. The Labute approximate surface area is 87.2 Å². The summed E-state index contributed by atoms with van der Waals surface area (Å²) in [4.78, 5) is 3.39. The van der Waals surface area contributed by atoms with Crippen LogP contribution in [0.2, 0.25) is 0 Å². The summed E-state index contributed by atoms with van der Waals surface area (Å²) in [6.07, 6.45) is -4.92. The molecule has 0 heterocycles. The number of hydrogen-bond acceptors (Lipinski definition) is 3. The van der Waals surface area contributed by atoms with Crippen LogP contribution in [-0.2, 0) is 0 Å². The van der Waals surface area contributed by atoms with Crippen molar-refractivity contribution in [2.24, 2.45) is 4.99 Å². The van der Waals surface area contributed by atoms with Crippen LogP contribution in [0.25, 0.3) is 0 Å². The van der Waals surface area contributed by atoms with Gasteiger partial charge in [0.25, 0.3) is 0 Å². The number of rotatable bonds is 2. The Bertz CT molecular complexity index is 412. The minimum absolute atomic E-state index is 0.0667. The SMILES string of the molecule is Fc1cc(N=C=S)ccc1OC(F)(F)F. The third kappa shape index (κ3) is 3.65. The first-order valence-electron chi connectivity index (χ1n) is 3.55. The molecule has 7 heteroatoms. The molecule has 0 saturated carbocycles. The Morgan fingerprint density at radius 1 is 1.33 bits per heavy atom. The van der Waals surface area contributed by atoms with E-state index in [1.54, 1.807) is 0 Å². The summed E-state index contributed by atoms with van der Waals surface area (Å²) in [7, 11) is 0. The zero-order chi connectivity index (χ0) is 11.5. The monoisotopic (exact) mass is 237 g/mol. The van der Waals surface area contributed by atoms with Gasteiger partial charge in [0.05, 0.1) is 10.8 Å². The van der Waals surface area contributed by atoms with E-state index in [9.17, 15) is 17.6 Å². The van der Waals surface area contributed by atoms with Gasteiger partial charge < -0.3 is 4.74 Å². The van der Waals surface area contributed by atoms with Crippen molar-refractivity contribution in [1.82, 2.24) is 0 Å². The van der Waals surface area contributed by atoms with Gasteiger partial charge >= 0.3 is 6.36 Å². The Kier molecular flexibility index (Phi) is 3.39. The fourth-order valence-corrected chi connectivity index (χ4v) is 0.925. The predicted molar refractivity (Wildman–Crippen MR) is 47.8 cm³/mol. The van der Waals surface area contributed by atoms with E-state index < -0.39 is 17.9 Å². The van der Waals surface area contributed by atoms with Gasteiger partial charge in [-0.15, -0.1) is 13.2 Å². The summed E-state index contributed by atoms with van der Waals surface area (Å²) in [6.45, 7) is 0. The molecule has 0 aromatic heterocycles. The van der Waals surface area contributed by atoms with Crippen molar-refractivity contribution in [1.29, 1.82) is 0 Å². The number of thiocarbonyl (C=S) groups is 1. The minimum atomic E-state index is -4.92. The summed E-state index contributed by atoms with van der Waals surface area (Å²) < 4.78 is 51.5. The number of benzene rings is 1. The average Bonchev–Trinajstić information content (AvgIpc) is 2.08. The van der Waals surface area contributed by atoms with Crippen LogP contribution in [0.15, 0.2) is 23.2 Å². The van der Waals surface area contributed by atoms with Crippen molar-refractivity contribution in [3.8, 4) is 5.75 Å². The minimum Gasteiger partial charge on any atom is -0.403 e. The number of alkyl halides is 3. The van der Waals surface area contributed by atoms with Crippen LogP contribution in [0.5, 0.6) is 5.75 Å². The third-order valence-corrected chi connectivity index (χ3v) is 1.41. The lowest BCUT2D eigenvalue weighted by Crippen LogP contribution is -2.17. The maximum absolute atomic E-state index is 13.0. The van der Waals surface area contributed by atoms with E-state index in [1.807, 2.05) is 5.16 Å². The van der Waals surface area contributed by atoms with E-state index >= 15 is 0 Å². The maximum atomic E-state index is 13.0. The van der Waals surface area contributed by atoms with Gasteiger partial charge in [-0.25, -0.2) is 4.39 Å². The average molecular weight is 237 g/mol. The van der Waals surface area contributed by atoms with Crippen LogP contribution in [-0.4, -0.2) is 11.5 Å². The van der Waals surface area contributed by atoms with Gasteiger partial charge in [0, 0.05) is 6.07 Å². The maximum Gasteiger partial charge on any atom is 0.573 e. The molecule has 15 heavy (non-hydrogen) atoms. The molecule has 2 nitrogen and oxygen atoms in total. The van der Waals surface area contributed by atoms with Gasteiger partial charge in [-0.05, 0) is 24.4 Å². The summed E-state index contributed by atoms with van der Waals surface area (Å²) in [5.41, 5.74) is 0.0667. The Hall–Kier alpha value is -1.46. The molecule has 1 aromatic carbocycles. The lowest BCUT2D eigenvalue weighted by Gasteiger charge is -2.09. The fourth-order valence-electron chi connectivity index (χ4n) is 0.819. The normalized spacial score (nSPS) is 10.7. The van der Waals surface area contributed by atoms with Gasteiger partial charge in [0.1, 0.15) is 0 Å². The highest BCUT2D eigenvalue weighted by molar-refractivity contribution is 7.78. The summed E-state index contributed by atoms with van der Waals surface area (Å²) in [6, 6.07) is 2.71. The Morgan fingerprint density at radius 3 is 2.47 bits per heavy atom. The van der Waals surface area contributed by atoms with Crippen molar-refractivity contribution >= 4 is 23.1 Å². The first-order chi connectivity index (χ1) is 6.92. The molecular formula is C8H3F4NOS. The molecule has 1 rings (SSSR count). The summed E-state index contributed by atoms with van der Waals surface area (Å²) in [5.74, 6) is -2.08. The van der Waals surface area contributed by atoms with Crippen LogP contribution in [0.4, 0.5) is 23.2 Å². The standard InChI is InChI=1S/C8H3F4NOS/c9-6-3-5(13-4-15)1-2-7(6)14-8(10,11)12/h1-3H. The van der Waals surface area contributed by atoms with E-state index in [2.05, 4.69) is 21.9 Å². The molecule has 0 amide bonds. The number of hydrogen-bond donors (Lipinski definition) is 0.